The molecule has 1 heterocycles. The summed E-state index contributed by atoms with van der Waals surface area (Å²) in [6.07, 6.45) is 2.10. The number of carbonyl (C=O) groups excluding carboxylic acids is 1. The maximum absolute atomic E-state index is 11.6. The predicted molar refractivity (Wildman–Crippen MR) is 53.7 cm³/mol. The molecule has 3 heteroatoms. The van der Waals surface area contributed by atoms with Gasteiger partial charge in [-0.25, -0.2) is 4.79 Å². The highest BCUT2D eigenvalue weighted by Gasteiger charge is 2.39. The van der Waals surface area contributed by atoms with E-state index >= 15 is 0 Å². The van der Waals surface area contributed by atoms with Crippen LogP contribution >= 0.6 is 0 Å². The second-order valence-electron chi connectivity index (χ2n) is 4.47. The first-order valence-corrected chi connectivity index (χ1v) is 5.05. The maximum atomic E-state index is 11.6. The van der Waals surface area contributed by atoms with E-state index in [1.54, 1.807) is 0 Å². The number of nitrogens with one attached hydrogen (secondary N) is 1. The van der Waals surface area contributed by atoms with Crippen LogP contribution in [0.3, 0.4) is 0 Å². The van der Waals surface area contributed by atoms with Crippen LogP contribution in [0.15, 0.2) is 0 Å². The third kappa shape index (κ3) is 2.14. The Morgan fingerprint density at radius 1 is 1.62 bits per heavy atom. The molecule has 0 aromatic rings. The smallest absolute Gasteiger partial charge is 0.318 e. The largest absolute Gasteiger partial charge is 0.336 e. The molecule has 2 amide bonds. The molecule has 0 spiro atoms. The van der Waals surface area contributed by atoms with Gasteiger partial charge in [0.2, 0.25) is 0 Å². The van der Waals surface area contributed by atoms with E-state index in [0.29, 0.717) is 0 Å². The lowest BCUT2D eigenvalue weighted by Gasteiger charge is -2.48. The van der Waals surface area contributed by atoms with Crippen LogP contribution in [0.2, 0.25) is 0 Å². The van der Waals surface area contributed by atoms with Crippen LogP contribution in [-0.2, 0) is 0 Å². The molecular formula is C10H20N2O. The number of rotatable bonds is 2. The standard InChI is InChI=1S/C10H20N2O/c1-5-8(2)11-9(13)12-7-6-10(12,3)4/h8H,5-7H2,1-4H3,(H,11,13). The van der Waals surface area contributed by atoms with E-state index < -0.39 is 0 Å². The molecule has 0 aromatic heterocycles. The predicted octanol–water partition coefficient (Wildman–Crippen LogP) is 1.98. The number of hydrogen-bond donors (Lipinski definition) is 1. The van der Waals surface area contributed by atoms with Gasteiger partial charge in [0.25, 0.3) is 0 Å². The molecule has 0 saturated carbocycles. The van der Waals surface area contributed by atoms with Crippen molar-refractivity contribution in [2.75, 3.05) is 6.54 Å². The van der Waals surface area contributed by atoms with Gasteiger partial charge in [0.05, 0.1) is 0 Å². The molecule has 1 aliphatic rings. The van der Waals surface area contributed by atoms with Crippen LogP contribution < -0.4 is 5.32 Å². The highest BCUT2D eigenvalue weighted by atomic mass is 16.2. The van der Waals surface area contributed by atoms with E-state index in [2.05, 4.69) is 26.1 Å². The van der Waals surface area contributed by atoms with Crippen LogP contribution in [-0.4, -0.2) is 29.1 Å². The minimum Gasteiger partial charge on any atom is -0.336 e. The van der Waals surface area contributed by atoms with Gasteiger partial charge in [-0.05, 0) is 33.6 Å². The Bertz CT molecular complexity index is 201. The second kappa shape index (κ2) is 3.56. The van der Waals surface area contributed by atoms with Crippen molar-refractivity contribution in [3.63, 3.8) is 0 Å². The van der Waals surface area contributed by atoms with Crippen molar-refractivity contribution < 1.29 is 4.79 Å². The van der Waals surface area contributed by atoms with Crippen LogP contribution in [0.1, 0.15) is 40.5 Å². The summed E-state index contributed by atoms with van der Waals surface area (Å²) in [6, 6.07) is 0.370. The first-order valence-electron chi connectivity index (χ1n) is 5.05. The van der Waals surface area contributed by atoms with Gasteiger partial charge >= 0.3 is 6.03 Å². The molecule has 1 atom stereocenters. The zero-order valence-electron chi connectivity index (χ0n) is 9.05. The lowest BCUT2D eigenvalue weighted by molar-refractivity contribution is 0.0519. The first kappa shape index (κ1) is 10.4. The Hall–Kier alpha value is -0.730. The average Bonchev–Trinajstić information content (AvgIpc) is 2.02. The molecule has 1 unspecified atom stereocenters. The molecule has 0 bridgehead atoms. The summed E-state index contributed by atoms with van der Waals surface area (Å²) in [5.41, 5.74) is 0.0670. The number of likely N-dealkylation sites (tertiary alicyclic amines) is 1. The van der Waals surface area contributed by atoms with Crippen LogP contribution in [0.5, 0.6) is 0 Å². The fourth-order valence-corrected chi connectivity index (χ4v) is 1.44. The van der Waals surface area contributed by atoms with E-state index in [-0.39, 0.29) is 17.6 Å². The summed E-state index contributed by atoms with van der Waals surface area (Å²) in [5, 5.41) is 2.97. The zero-order chi connectivity index (χ0) is 10.1. The van der Waals surface area contributed by atoms with Crippen molar-refractivity contribution in [1.82, 2.24) is 10.2 Å². The van der Waals surface area contributed by atoms with Crippen molar-refractivity contribution in [3.8, 4) is 0 Å². The van der Waals surface area contributed by atoms with Gasteiger partial charge in [0.1, 0.15) is 0 Å². The number of urea groups is 1. The molecular weight excluding hydrogens is 164 g/mol. The van der Waals surface area contributed by atoms with Crippen molar-refractivity contribution >= 4 is 6.03 Å². The highest BCUT2D eigenvalue weighted by Crippen LogP contribution is 2.29. The summed E-state index contributed by atoms with van der Waals surface area (Å²) in [7, 11) is 0. The van der Waals surface area contributed by atoms with Crippen molar-refractivity contribution in [1.29, 1.82) is 0 Å². The fourth-order valence-electron chi connectivity index (χ4n) is 1.44. The van der Waals surface area contributed by atoms with Gasteiger partial charge in [-0.3, -0.25) is 0 Å². The molecule has 1 saturated heterocycles. The monoisotopic (exact) mass is 184 g/mol. The van der Waals surface area contributed by atoms with Crippen molar-refractivity contribution in [2.45, 2.75) is 52.1 Å². The minimum atomic E-state index is 0.0670. The molecule has 13 heavy (non-hydrogen) atoms. The molecule has 1 aliphatic heterocycles. The average molecular weight is 184 g/mol. The fraction of sp³-hybridized carbons (Fsp3) is 0.900. The summed E-state index contributed by atoms with van der Waals surface area (Å²) < 4.78 is 0. The molecule has 1 fully saturated rings. The van der Waals surface area contributed by atoms with Gasteiger partial charge in [0, 0.05) is 18.1 Å². The van der Waals surface area contributed by atoms with Gasteiger partial charge in [-0.1, -0.05) is 6.92 Å². The number of amides is 2. The number of carbonyl (C=O) groups is 1. The normalized spacial score (nSPS) is 22.0. The Kier molecular flexibility index (Phi) is 2.84. The zero-order valence-corrected chi connectivity index (χ0v) is 9.05. The summed E-state index contributed by atoms with van der Waals surface area (Å²) in [5.74, 6) is 0. The number of nitrogens with zero attached hydrogens (tertiary/aromatic N) is 1. The third-order valence-corrected chi connectivity index (χ3v) is 2.91. The summed E-state index contributed by atoms with van der Waals surface area (Å²) >= 11 is 0. The van der Waals surface area contributed by atoms with E-state index in [9.17, 15) is 4.79 Å². The lowest BCUT2D eigenvalue weighted by atomic mass is 9.89. The SMILES string of the molecule is CCC(C)NC(=O)N1CCC1(C)C. The Morgan fingerprint density at radius 2 is 2.23 bits per heavy atom. The highest BCUT2D eigenvalue weighted by molar-refractivity contribution is 5.76. The van der Waals surface area contributed by atoms with Crippen LogP contribution in [0.25, 0.3) is 0 Å². The maximum Gasteiger partial charge on any atom is 0.318 e. The van der Waals surface area contributed by atoms with Crippen molar-refractivity contribution in [2.24, 2.45) is 0 Å². The van der Waals surface area contributed by atoms with Gasteiger partial charge < -0.3 is 10.2 Å². The third-order valence-electron chi connectivity index (χ3n) is 2.91. The lowest BCUT2D eigenvalue weighted by Crippen LogP contribution is -2.62. The summed E-state index contributed by atoms with van der Waals surface area (Å²) in [6.45, 7) is 9.21. The Labute approximate surface area is 80.5 Å². The molecule has 0 aromatic carbocycles. The Balaban J connectivity index is 2.41. The molecule has 0 aliphatic carbocycles. The van der Waals surface area contributed by atoms with Crippen LogP contribution in [0, 0.1) is 0 Å². The molecule has 0 radical (unpaired) electrons. The van der Waals surface area contributed by atoms with Gasteiger partial charge in [-0.2, -0.15) is 0 Å². The molecule has 1 rings (SSSR count). The van der Waals surface area contributed by atoms with E-state index in [1.807, 2.05) is 11.8 Å². The number of hydrogen-bond acceptors (Lipinski definition) is 1. The first-order chi connectivity index (χ1) is 5.97. The van der Waals surface area contributed by atoms with Gasteiger partial charge in [0.15, 0.2) is 0 Å². The minimum absolute atomic E-state index is 0.0670. The molecule has 1 N–H and O–H groups in total. The summed E-state index contributed by atoms with van der Waals surface area (Å²) in [4.78, 5) is 13.5. The van der Waals surface area contributed by atoms with Crippen molar-refractivity contribution in [3.05, 3.63) is 0 Å². The van der Waals surface area contributed by atoms with E-state index in [1.165, 1.54) is 0 Å². The van der Waals surface area contributed by atoms with Gasteiger partial charge in [-0.15, -0.1) is 0 Å². The molecule has 76 valence electrons. The van der Waals surface area contributed by atoms with E-state index in [4.69, 9.17) is 0 Å². The topological polar surface area (TPSA) is 32.3 Å². The Morgan fingerprint density at radius 3 is 2.54 bits per heavy atom. The molecule has 3 nitrogen and oxygen atoms in total. The van der Waals surface area contributed by atoms with Crippen LogP contribution in [0.4, 0.5) is 4.79 Å². The second-order valence-corrected chi connectivity index (χ2v) is 4.47. The van der Waals surface area contributed by atoms with E-state index in [0.717, 1.165) is 19.4 Å². The quantitative estimate of drug-likeness (QED) is 0.699.